The van der Waals surface area contributed by atoms with Crippen LogP contribution in [0.3, 0.4) is 0 Å². The summed E-state index contributed by atoms with van der Waals surface area (Å²) >= 11 is 0. The summed E-state index contributed by atoms with van der Waals surface area (Å²) in [4.78, 5) is 14.5. The van der Waals surface area contributed by atoms with E-state index in [1.807, 2.05) is 6.92 Å². The largest absolute Gasteiger partial charge is 0.341 e. The number of amides is 1. The van der Waals surface area contributed by atoms with E-state index in [1.165, 1.54) is 25.7 Å². The summed E-state index contributed by atoms with van der Waals surface area (Å²) in [6.07, 6.45) is 4.88. The van der Waals surface area contributed by atoms with E-state index in [0.29, 0.717) is 17.8 Å². The van der Waals surface area contributed by atoms with E-state index in [-0.39, 0.29) is 11.9 Å². The number of carbonyl (C=O) groups excluding carboxylic acids is 1. The molecule has 0 radical (unpaired) electrons. The molecule has 1 unspecified atom stereocenters. The molecule has 1 amide bonds. The maximum atomic E-state index is 12.5. The van der Waals surface area contributed by atoms with Gasteiger partial charge < -0.3 is 10.2 Å². The molecule has 0 aromatic carbocycles. The van der Waals surface area contributed by atoms with E-state index in [1.54, 1.807) is 0 Å². The van der Waals surface area contributed by atoms with E-state index < -0.39 is 0 Å². The zero-order chi connectivity index (χ0) is 15.1. The van der Waals surface area contributed by atoms with Crippen molar-refractivity contribution in [2.75, 3.05) is 19.6 Å². The van der Waals surface area contributed by atoms with Crippen LogP contribution in [-0.4, -0.2) is 36.5 Å². The van der Waals surface area contributed by atoms with Gasteiger partial charge in [0.25, 0.3) is 0 Å². The highest BCUT2D eigenvalue weighted by atomic mass is 16.2. The highest BCUT2D eigenvalue weighted by Crippen LogP contribution is 2.19. The Balaban J connectivity index is 2.44. The molecule has 3 nitrogen and oxygen atoms in total. The fourth-order valence-corrected chi connectivity index (χ4v) is 3.21. The van der Waals surface area contributed by atoms with E-state index in [4.69, 9.17) is 0 Å². The maximum absolute atomic E-state index is 12.5. The first-order chi connectivity index (χ1) is 9.43. The number of rotatable bonds is 6. The molecule has 1 N–H and O–H groups in total. The molecule has 20 heavy (non-hydrogen) atoms. The monoisotopic (exact) mass is 282 g/mol. The van der Waals surface area contributed by atoms with Gasteiger partial charge in [-0.3, -0.25) is 4.79 Å². The molecule has 118 valence electrons. The van der Waals surface area contributed by atoms with Crippen LogP contribution in [0.5, 0.6) is 0 Å². The number of carbonyl (C=O) groups is 1. The molecule has 1 atom stereocenters. The molecule has 0 aliphatic carbocycles. The fourth-order valence-electron chi connectivity index (χ4n) is 3.21. The highest BCUT2D eigenvalue weighted by molar-refractivity contribution is 5.81. The highest BCUT2D eigenvalue weighted by Gasteiger charge is 2.23. The Morgan fingerprint density at radius 1 is 0.950 bits per heavy atom. The number of likely N-dealkylation sites (tertiary alicyclic amines) is 1. The first-order valence-electron chi connectivity index (χ1n) is 8.45. The minimum absolute atomic E-state index is 0.0481. The summed E-state index contributed by atoms with van der Waals surface area (Å²) in [7, 11) is 0. The summed E-state index contributed by atoms with van der Waals surface area (Å²) < 4.78 is 0. The minimum atomic E-state index is -0.0481. The third-order valence-corrected chi connectivity index (χ3v) is 4.66. The van der Waals surface area contributed by atoms with E-state index >= 15 is 0 Å². The lowest BCUT2D eigenvalue weighted by Gasteiger charge is -2.29. The molecule has 0 saturated carbocycles. The molecule has 3 heteroatoms. The quantitative estimate of drug-likeness (QED) is 0.811. The normalized spacial score (nSPS) is 18.7. The summed E-state index contributed by atoms with van der Waals surface area (Å²) in [6, 6.07) is -0.0481. The standard InChI is InChI=1S/C17H34N2O/c1-13(2)16(14(3)4)12-18-15(5)17(20)19-10-8-6-7-9-11-19/h13-16,18H,6-12H2,1-5H3. The van der Waals surface area contributed by atoms with Crippen LogP contribution in [0.15, 0.2) is 0 Å². The third kappa shape index (κ3) is 5.43. The SMILES string of the molecule is CC(NCC(C(C)C)C(C)C)C(=O)N1CCCCCC1. The van der Waals surface area contributed by atoms with Crippen LogP contribution in [-0.2, 0) is 4.79 Å². The predicted molar refractivity (Wildman–Crippen MR) is 85.7 cm³/mol. The predicted octanol–water partition coefficient (Wildman–Crippen LogP) is 3.30. The van der Waals surface area contributed by atoms with Crippen molar-refractivity contribution in [1.29, 1.82) is 0 Å². The molecule has 1 aliphatic rings. The van der Waals surface area contributed by atoms with Gasteiger partial charge >= 0.3 is 0 Å². The van der Waals surface area contributed by atoms with Gasteiger partial charge in [-0.1, -0.05) is 40.5 Å². The van der Waals surface area contributed by atoms with Gasteiger partial charge in [-0.25, -0.2) is 0 Å². The van der Waals surface area contributed by atoms with Gasteiger partial charge in [0, 0.05) is 13.1 Å². The van der Waals surface area contributed by atoms with Gasteiger partial charge in [0.15, 0.2) is 0 Å². The van der Waals surface area contributed by atoms with Crippen molar-refractivity contribution in [2.24, 2.45) is 17.8 Å². The number of hydrogen-bond acceptors (Lipinski definition) is 2. The Morgan fingerprint density at radius 2 is 1.45 bits per heavy atom. The Hall–Kier alpha value is -0.570. The van der Waals surface area contributed by atoms with Crippen LogP contribution in [0.4, 0.5) is 0 Å². The topological polar surface area (TPSA) is 32.3 Å². The number of hydrogen-bond donors (Lipinski definition) is 1. The van der Waals surface area contributed by atoms with Crippen molar-refractivity contribution in [3.63, 3.8) is 0 Å². The molecule has 1 rings (SSSR count). The van der Waals surface area contributed by atoms with Crippen molar-refractivity contribution in [2.45, 2.75) is 66.3 Å². The molecule has 1 heterocycles. The van der Waals surface area contributed by atoms with Crippen LogP contribution >= 0.6 is 0 Å². The molecular weight excluding hydrogens is 248 g/mol. The van der Waals surface area contributed by atoms with Crippen molar-refractivity contribution in [3.8, 4) is 0 Å². The first-order valence-corrected chi connectivity index (χ1v) is 8.45. The fraction of sp³-hybridized carbons (Fsp3) is 0.941. The molecule has 0 aromatic heterocycles. The van der Waals surface area contributed by atoms with Crippen LogP contribution in [0, 0.1) is 17.8 Å². The van der Waals surface area contributed by atoms with Gasteiger partial charge in [-0.2, -0.15) is 0 Å². The van der Waals surface area contributed by atoms with Crippen molar-refractivity contribution in [1.82, 2.24) is 10.2 Å². The van der Waals surface area contributed by atoms with Crippen LogP contribution in [0.25, 0.3) is 0 Å². The molecule has 1 saturated heterocycles. The Morgan fingerprint density at radius 3 is 1.90 bits per heavy atom. The average Bonchev–Trinajstić information content (AvgIpc) is 2.65. The van der Waals surface area contributed by atoms with E-state index in [9.17, 15) is 4.79 Å². The minimum Gasteiger partial charge on any atom is -0.341 e. The molecular formula is C17H34N2O. The zero-order valence-corrected chi connectivity index (χ0v) is 14.1. The summed E-state index contributed by atoms with van der Waals surface area (Å²) in [5, 5.41) is 3.47. The molecule has 1 fully saturated rings. The molecule has 0 spiro atoms. The lowest BCUT2D eigenvalue weighted by Crippen LogP contribution is -2.47. The van der Waals surface area contributed by atoms with Crippen LogP contribution in [0.2, 0.25) is 0 Å². The first kappa shape index (κ1) is 17.5. The Bertz CT molecular complexity index is 273. The number of nitrogens with zero attached hydrogens (tertiary/aromatic N) is 1. The molecule has 0 bridgehead atoms. The molecule has 0 aromatic rings. The Labute approximate surface area is 125 Å². The van der Waals surface area contributed by atoms with Gasteiger partial charge in [-0.15, -0.1) is 0 Å². The van der Waals surface area contributed by atoms with Gasteiger partial charge in [0.1, 0.15) is 0 Å². The van der Waals surface area contributed by atoms with Crippen molar-refractivity contribution in [3.05, 3.63) is 0 Å². The van der Waals surface area contributed by atoms with Gasteiger partial charge in [0.2, 0.25) is 5.91 Å². The van der Waals surface area contributed by atoms with Gasteiger partial charge in [0.05, 0.1) is 6.04 Å². The van der Waals surface area contributed by atoms with Crippen molar-refractivity contribution >= 4 is 5.91 Å². The average molecular weight is 282 g/mol. The van der Waals surface area contributed by atoms with Crippen LogP contribution in [0.1, 0.15) is 60.3 Å². The lowest BCUT2D eigenvalue weighted by atomic mass is 9.85. The second kappa shape index (κ2) is 8.66. The summed E-state index contributed by atoms with van der Waals surface area (Å²) in [5.41, 5.74) is 0. The summed E-state index contributed by atoms with van der Waals surface area (Å²) in [5.74, 6) is 2.23. The third-order valence-electron chi connectivity index (χ3n) is 4.66. The van der Waals surface area contributed by atoms with Crippen LogP contribution < -0.4 is 5.32 Å². The Kier molecular flexibility index (Phi) is 7.57. The second-order valence-corrected chi connectivity index (χ2v) is 7.02. The van der Waals surface area contributed by atoms with Gasteiger partial charge in [-0.05, 0) is 44.1 Å². The smallest absolute Gasteiger partial charge is 0.239 e. The van der Waals surface area contributed by atoms with E-state index in [2.05, 4.69) is 37.9 Å². The zero-order valence-electron chi connectivity index (χ0n) is 14.1. The number of nitrogens with one attached hydrogen (secondary N) is 1. The van der Waals surface area contributed by atoms with E-state index in [0.717, 1.165) is 19.6 Å². The van der Waals surface area contributed by atoms with Crippen molar-refractivity contribution < 1.29 is 4.79 Å². The second-order valence-electron chi connectivity index (χ2n) is 7.02. The lowest BCUT2D eigenvalue weighted by molar-refractivity contribution is -0.133. The summed E-state index contributed by atoms with van der Waals surface area (Å²) in [6.45, 7) is 13.9. The molecule has 1 aliphatic heterocycles. The maximum Gasteiger partial charge on any atom is 0.239 e.